The summed E-state index contributed by atoms with van der Waals surface area (Å²) in [5.74, 6) is 0.807. The fraction of sp³-hybridized carbons (Fsp3) is 0.182. The van der Waals surface area contributed by atoms with Crippen molar-refractivity contribution in [3.63, 3.8) is 0 Å². The molecular formula is C22H21NO3S. The molecule has 0 radical (unpaired) electrons. The summed E-state index contributed by atoms with van der Waals surface area (Å²) in [6.07, 6.45) is 0. The minimum Gasteiger partial charge on any atom is -0.489 e. The molecule has 0 amide bonds. The van der Waals surface area contributed by atoms with Gasteiger partial charge in [0, 0.05) is 18.5 Å². The van der Waals surface area contributed by atoms with Crippen molar-refractivity contribution in [3.8, 4) is 5.75 Å². The molecule has 0 N–H and O–H groups in total. The van der Waals surface area contributed by atoms with Gasteiger partial charge in [0.2, 0.25) is 0 Å². The highest BCUT2D eigenvalue weighted by Gasteiger charge is 2.34. The van der Waals surface area contributed by atoms with Gasteiger partial charge in [-0.2, -0.15) is 0 Å². The van der Waals surface area contributed by atoms with Gasteiger partial charge in [-0.1, -0.05) is 61.5 Å². The predicted octanol–water partition coefficient (Wildman–Crippen LogP) is 4.58. The van der Waals surface area contributed by atoms with Gasteiger partial charge in [0.05, 0.1) is 10.6 Å². The molecule has 3 aromatic rings. The maximum absolute atomic E-state index is 13.1. The third-order valence-electron chi connectivity index (χ3n) is 4.82. The van der Waals surface area contributed by atoms with Gasteiger partial charge in [-0.15, -0.1) is 0 Å². The topological polar surface area (TPSA) is 46.6 Å². The molecular weight excluding hydrogens is 358 g/mol. The zero-order valence-corrected chi connectivity index (χ0v) is 15.9. The van der Waals surface area contributed by atoms with Gasteiger partial charge in [-0.3, -0.25) is 4.31 Å². The molecule has 5 heteroatoms. The van der Waals surface area contributed by atoms with Crippen LogP contribution in [0.5, 0.6) is 5.75 Å². The van der Waals surface area contributed by atoms with E-state index in [1.165, 1.54) is 4.31 Å². The van der Waals surface area contributed by atoms with Crippen molar-refractivity contribution in [2.24, 2.45) is 0 Å². The predicted molar refractivity (Wildman–Crippen MR) is 107 cm³/mol. The van der Waals surface area contributed by atoms with Crippen LogP contribution in [0.25, 0.3) is 0 Å². The molecule has 3 aromatic carbocycles. The second-order valence-electron chi connectivity index (χ2n) is 6.75. The Morgan fingerprint density at radius 3 is 2.33 bits per heavy atom. The molecule has 0 aromatic heterocycles. The second-order valence-corrected chi connectivity index (χ2v) is 8.61. The van der Waals surface area contributed by atoms with Crippen molar-refractivity contribution in [3.05, 3.63) is 90.0 Å². The smallest absolute Gasteiger partial charge is 0.264 e. The van der Waals surface area contributed by atoms with Crippen LogP contribution in [0.1, 0.15) is 24.0 Å². The molecule has 0 saturated carbocycles. The minimum absolute atomic E-state index is 0.140. The lowest BCUT2D eigenvalue weighted by Gasteiger charge is -2.20. The zero-order valence-electron chi connectivity index (χ0n) is 15.1. The third kappa shape index (κ3) is 3.43. The van der Waals surface area contributed by atoms with Crippen molar-refractivity contribution in [1.29, 1.82) is 0 Å². The van der Waals surface area contributed by atoms with Crippen molar-refractivity contribution >= 4 is 15.7 Å². The Morgan fingerprint density at radius 2 is 1.63 bits per heavy atom. The van der Waals surface area contributed by atoms with Gasteiger partial charge in [0.1, 0.15) is 12.4 Å². The number of anilines is 1. The monoisotopic (exact) mass is 379 g/mol. The van der Waals surface area contributed by atoms with Crippen molar-refractivity contribution < 1.29 is 13.2 Å². The summed E-state index contributed by atoms with van der Waals surface area (Å²) < 4.78 is 33.6. The molecule has 0 aliphatic carbocycles. The summed E-state index contributed by atoms with van der Waals surface area (Å²) in [6.45, 7) is 2.93. The first-order valence-electron chi connectivity index (χ1n) is 8.94. The molecule has 27 heavy (non-hydrogen) atoms. The van der Waals surface area contributed by atoms with Crippen LogP contribution in [-0.4, -0.2) is 15.0 Å². The van der Waals surface area contributed by atoms with E-state index in [4.69, 9.17) is 4.74 Å². The molecule has 1 unspecified atom stereocenters. The van der Waals surface area contributed by atoms with Crippen LogP contribution in [0.15, 0.2) is 83.8 Å². The number of benzene rings is 3. The first-order valence-corrected chi connectivity index (χ1v) is 10.4. The summed E-state index contributed by atoms with van der Waals surface area (Å²) in [5, 5.41) is 0. The lowest BCUT2D eigenvalue weighted by Crippen LogP contribution is -2.29. The minimum atomic E-state index is -3.59. The SMILES string of the molecule is CC1CN(S(=O)(=O)c2ccccc2)c2cc(OCc3ccccc3)ccc21. The molecule has 4 nitrogen and oxygen atoms in total. The van der Waals surface area contributed by atoms with Crippen molar-refractivity contribution in [2.75, 3.05) is 10.8 Å². The molecule has 0 fully saturated rings. The van der Waals surface area contributed by atoms with E-state index in [1.807, 2.05) is 61.5 Å². The largest absolute Gasteiger partial charge is 0.489 e. The van der Waals surface area contributed by atoms with E-state index >= 15 is 0 Å². The van der Waals surface area contributed by atoms with Crippen LogP contribution < -0.4 is 9.04 Å². The van der Waals surface area contributed by atoms with Gasteiger partial charge >= 0.3 is 0 Å². The maximum atomic E-state index is 13.1. The lowest BCUT2D eigenvalue weighted by atomic mass is 10.0. The average molecular weight is 379 g/mol. The first kappa shape index (κ1) is 17.6. The molecule has 1 aliphatic heterocycles. The van der Waals surface area contributed by atoms with E-state index in [0.717, 1.165) is 11.1 Å². The van der Waals surface area contributed by atoms with Gasteiger partial charge < -0.3 is 4.74 Å². The van der Waals surface area contributed by atoms with Gasteiger partial charge in [0.15, 0.2) is 0 Å². The molecule has 4 rings (SSSR count). The fourth-order valence-electron chi connectivity index (χ4n) is 3.38. The number of sulfonamides is 1. The number of nitrogens with zero attached hydrogens (tertiary/aromatic N) is 1. The van der Waals surface area contributed by atoms with Crippen LogP contribution in [0.3, 0.4) is 0 Å². The third-order valence-corrected chi connectivity index (χ3v) is 6.61. The lowest BCUT2D eigenvalue weighted by molar-refractivity contribution is 0.306. The molecule has 1 atom stereocenters. The Hall–Kier alpha value is -2.79. The summed E-state index contributed by atoms with van der Waals surface area (Å²) in [6, 6.07) is 24.2. The number of hydrogen-bond donors (Lipinski definition) is 0. The summed E-state index contributed by atoms with van der Waals surface area (Å²) in [5.41, 5.74) is 2.80. The van der Waals surface area contributed by atoms with E-state index in [1.54, 1.807) is 24.3 Å². The summed E-state index contributed by atoms with van der Waals surface area (Å²) in [7, 11) is -3.59. The quantitative estimate of drug-likeness (QED) is 0.652. The van der Waals surface area contributed by atoms with Crippen LogP contribution in [0.4, 0.5) is 5.69 Å². The van der Waals surface area contributed by atoms with Gasteiger partial charge in [-0.05, 0) is 29.3 Å². The first-order chi connectivity index (χ1) is 13.1. The second kappa shape index (κ2) is 7.08. The highest BCUT2D eigenvalue weighted by molar-refractivity contribution is 7.92. The van der Waals surface area contributed by atoms with E-state index < -0.39 is 10.0 Å². The highest BCUT2D eigenvalue weighted by atomic mass is 32.2. The Balaban J connectivity index is 1.64. The molecule has 0 bridgehead atoms. The molecule has 0 saturated heterocycles. The van der Waals surface area contributed by atoms with E-state index in [9.17, 15) is 8.42 Å². The zero-order chi connectivity index (χ0) is 18.9. The van der Waals surface area contributed by atoms with Gasteiger partial charge in [-0.25, -0.2) is 8.42 Å². The summed E-state index contributed by atoms with van der Waals surface area (Å²) in [4.78, 5) is 0.306. The fourth-order valence-corrected chi connectivity index (χ4v) is 4.97. The Kier molecular flexibility index (Phi) is 4.62. The van der Waals surface area contributed by atoms with Crippen LogP contribution in [0.2, 0.25) is 0 Å². The van der Waals surface area contributed by atoms with Crippen molar-refractivity contribution in [2.45, 2.75) is 24.3 Å². The number of fused-ring (bicyclic) bond motifs is 1. The van der Waals surface area contributed by atoms with E-state index in [0.29, 0.717) is 29.5 Å². The normalized spacial score (nSPS) is 16.2. The van der Waals surface area contributed by atoms with Crippen LogP contribution in [-0.2, 0) is 16.6 Å². The Morgan fingerprint density at radius 1 is 0.963 bits per heavy atom. The van der Waals surface area contributed by atoms with E-state index in [2.05, 4.69) is 0 Å². The van der Waals surface area contributed by atoms with E-state index in [-0.39, 0.29) is 5.92 Å². The summed E-state index contributed by atoms with van der Waals surface area (Å²) >= 11 is 0. The molecule has 138 valence electrons. The Labute approximate surface area is 160 Å². The number of hydrogen-bond acceptors (Lipinski definition) is 3. The molecule has 1 heterocycles. The molecule has 1 aliphatic rings. The number of ether oxygens (including phenoxy) is 1. The Bertz CT molecular complexity index is 1030. The average Bonchev–Trinajstić information content (AvgIpc) is 3.05. The van der Waals surface area contributed by atoms with Crippen LogP contribution >= 0.6 is 0 Å². The van der Waals surface area contributed by atoms with Gasteiger partial charge in [0.25, 0.3) is 10.0 Å². The molecule has 0 spiro atoms. The highest BCUT2D eigenvalue weighted by Crippen LogP contribution is 2.41. The van der Waals surface area contributed by atoms with Crippen LogP contribution in [0, 0.1) is 0 Å². The standard InChI is InChI=1S/C22H21NO3S/c1-17-15-23(27(24,25)20-10-6-3-7-11-20)22-14-19(12-13-21(17)22)26-16-18-8-4-2-5-9-18/h2-14,17H,15-16H2,1H3. The number of rotatable bonds is 5. The maximum Gasteiger partial charge on any atom is 0.264 e. The van der Waals surface area contributed by atoms with Crippen molar-refractivity contribution in [1.82, 2.24) is 0 Å².